The van der Waals surface area contributed by atoms with Gasteiger partial charge >= 0.3 is 0 Å². The van der Waals surface area contributed by atoms with Crippen molar-refractivity contribution in [1.29, 1.82) is 0 Å². The molecule has 5 nitrogen and oxygen atoms in total. The summed E-state index contributed by atoms with van der Waals surface area (Å²) in [6.07, 6.45) is 0.814. The molecule has 3 N–H and O–H groups in total. The summed E-state index contributed by atoms with van der Waals surface area (Å²) < 4.78 is 0. The van der Waals surface area contributed by atoms with E-state index in [1.807, 2.05) is 0 Å². The summed E-state index contributed by atoms with van der Waals surface area (Å²) in [7, 11) is 0. The zero-order chi connectivity index (χ0) is 14.0. The van der Waals surface area contributed by atoms with Gasteiger partial charge in [0.2, 0.25) is 5.91 Å². The molecule has 19 heavy (non-hydrogen) atoms. The van der Waals surface area contributed by atoms with Crippen molar-refractivity contribution >= 4 is 52.3 Å². The van der Waals surface area contributed by atoms with E-state index in [1.165, 1.54) is 12.1 Å². The molecule has 1 saturated heterocycles. The van der Waals surface area contributed by atoms with Crippen molar-refractivity contribution in [3.63, 3.8) is 0 Å². The number of carbonyl (C=O) groups is 2. The number of hydrazine groups is 1. The third-order valence-electron chi connectivity index (χ3n) is 2.63. The summed E-state index contributed by atoms with van der Waals surface area (Å²) in [4.78, 5) is 22.8. The zero-order valence-corrected chi connectivity index (χ0v) is 11.9. The van der Waals surface area contributed by atoms with Gasteiger partial charge in [-0.3, -0.25) is 20.4 Å². The predicted molar refractivity (Wildman–Crippen MR) is 74.4 cm³/mol. The van der Waals surface area contributed by atoms with Crippen LogP contribution < -0.4 is 16.2 Å². The van der Waals surface area contributed by atoms with Gasteiger partial charge in [-0.05, 0) is 18.6 Å². The first-order chi connectivity index (χ1) is 8.97. The molecule has 0 spiro atoms. The van der Waals surface area contributed by atoms with Crippen LogP contribution >= 0.6 is 34.8 Å². The van der Waals surface area contributed by atoms with Gasteiger partial charge in [0.05, 0.1) is 15.7 Å². The molecule has 102 valence electrons. The largest absolute Gasteiger partial charge is 0.344 e. The second kappa shape index (κ2) is 5.86. The molecule has 1 aliphatic heterocycles. The molecule has 0 aromatic heterocycles. The van der Waals surface area contributed by atoms with Crippen LogP contribution in [0.4, 0.5) is 5.69 Å². The molecule has 8 heteroatoms. The fourth-order valence-corrected chi connectivity index (χ4v) is 2.60. The molecular weight excluding hydrogens is 312 g/mol. The van der Waals surface area contributed by atoms with Crippen molar-refractivity contribution in [2.75, 3.05) is 5.43 Å². The maximum atomic E-state index is 11.8. The fourth-order valence-electron chi connectivity index (χ4n) is 1.68. The van der Waals surface area contributed by atoms with E-state index in [4.69, 9.17) is 34.8 Å². The average molecular weight is 323 g/mol. The molecule has 0 aliphatic carbocycles. The Kier molecular flexibility index (Phi) is 4.39. The van der Waals surface area contributed by atoms with Crippen molar-refractivity contribution in [2.45, 2.75) is 18.9 Å². The summed E-state index contributed by atoms with van der Waals surface area (Å²) in [5, 5.41) is 3.52. The van der Waals surface area contributed by atoms with Gasteiger partial charge in [0.25, 0.3) is 5.91 Å². The van der Waals surface area contributed by atoms with Gasteiger partial charge in [-0.15, -0.1) is 0 Å². The molecule has 0 saturated carbocycles. The van der Waals surface area contributed by atoms with E-state index in [9.17, 15) is 9.59 Å². The Morgan fingerprint density at radius 1 is 1.26 bits per heavy atom. The van der Waals surface area contributed by atoms with Crippen LogP contribution in [0.3, 0.4) is 0 Å². The number of anilines is 1. The quantitative estimate of drug-likeness (QED) is 0.748. The number of amides is 2. The van der Waals surface area contributed by atoms with Crippen LogP contribution in [0.5, 0.6) is 0 Å². The van der Waals surface area contributed by atoms with E-state index in [0.29, 0.717) is 23.6 Å². The molecule has 2 rings (SSSR count). The lowest BCUT2D eigenvalue weighted by molar-refractivity contribution is -0.125. The summed E-state index contributed by atoms with van der Waals surface area (Å²) >= 11 is 17.7. The number of halogens is 3. The van der Waals surface area contributed by atoms with Gasteiger partial charge in [-0.25, -0.2) is 0 Å². The minimum atomic E-state index is -0.537. The van der Waals surface area contributed by atoms with Gasteiger partial charge < -0.3 is 5.32 Å². The van der Waals surface area contributed by atoms with Gasteiger partial charge in [0.1, 0.15) is 6.04 Å². The van der Waals surface area contributed by atoms with Crippen molar-refractivity contribution < 1.29 is 9.59 Å². The van der Waals surface area contributed by atoms with Crippen molar-refractivity contribution in [3.05, 3.63) is 27.2 Å². The van der Waals surface area contributed by atoms with Crippen LogP contribution in [0.1, 0.15) is 12.8 Å². The van der Waals surface area contributed by atoms with E-state index in [2.05, 4.69) is 16.2 Å². The molecule has 1 aromatic carbocycles. The highest BCUT2D eigenvalue weighted by Crippen LogP contribution is 2.33. The van der Waals surface area contributed by atoms with Crippen LogP contribution in [0.2, 0.25) is 15.1 Å². The highest BCUT2D eigenvalue weighted by molar-refractivity contribution is 6.41. The second-order valence-corrected chi connectivity index (χ2v) is 5.27. The van der Waals surface area contributed by atoms with E-state index < -0.39 is 6.04 Å². The Hall–Kier alpha value is -1.17. The molecule has 1 aliphatic rings. The Morgan fingerprint density at radius 3 is 2.42 bits per heavy atom. The van der Waals surface area contributed by atoms with Crippen LogP contribution in [0.15, 0.2) is 12.1 Å². The molecule has 1 aromatic rings. The molecule has 1 heterocycles. The Balaban J connectivity index is 1.99. The summed E-state index contributed by atoms with van der Waals surface area (Å²) in [6.45, 7) is 0. The highest BCUT2D eigenvalue weighted by atomic mass is 35.5. The van der Waals surface area contributed by atoms with E-state index in [-0.39, 0.29) is 21.9 Å². The maximum Gasteiger partial charge on any atom is 0.260 e. The van der Waals surface area contributed by atoms with Crippen LogP contribution in [-0.4, -0.2) is 17.9 Å². The number of benzene rings is 1. The number of hydrogen-bond donors (Lipinski definition) is 3. The van der Waals surface area contributed by atoms with E-state index >= 15 is 0 Å². The van der Waals surface area contributed by atoms with Gasteiger partial charge in [-0.1, -0.05) is 34.8 Å². The first-order valence-corrected chi connectivity index (χ1v) is 6.60. The minimum Gasteiger partial charge on any atom is -0.344 e. The minimum absolute atomic E-state index is 0.136. The summed E-state index contributed by atoms with van der Waals surface area (Å²) in [5.74, 6) is -0.490. The normalized spacial score (nSPS) is 18.1. The third kappa shape index (κ3) is 3.43. The first kappa shape index (κ1) is 14.2. The van der Waals surface area contributed by atoms with Gasteiger partial charge in [-0.2, -0.15) is 0 Å². The molecule has 0 bridgehead atoms. The molecular formula is C11H10Cl3N3O2. The van der Waals surface area contributed by atoms with Crippen molar-refractivity contribution in [1.82, 2.24) is 10.7 Å². The summed E-state index contributed by atoms with van der Waals surface area (Å²) in [6, 6.07) is 2.46. The lowest BCUT2D eigenvalue weighted by Gasteiger charge is -2.14. The van der Waals surface area contributed by atoms with Gasteiger partial charge in [0, 0.05) is 11.4 Å². The highest BCUT2D eigenvalue weighted by Gasteiger charge is 2.27. The Bertz CT molecular complexity index is 513. The number of rotatable bonds is 3. The van der Waals surface area contributed by atoms with E-state index in [0.717, 1.165) is 0 Å². The van der Waals surface area contributed by atoms with Crippen LogP contribution in [0, 0.1) is 0 Å². The number of carbonyl (C=O) groups excluding carboxylic acids is 2. The van der Waals surface area contributed by atoms with Gasteiger partial charge in [0.15, 0.2) is 0 Å². The lowest BCUT2D eigenvalue weighted by Crippen LogP contribution is -2.44. The van der Waals surface area contributed by atoms with Crippen molar-refractivity contribution in [3.8, 4) is 0 Å². The Morgan fingerprint density at radius 2 is 1.89 bits per heavy atom. The summed E-state index contributed by atoms with van der Waals surface area (Å²) in [5.41, 5.74) is 5.43. The fraction of sp³-hybridized carbons (Fsp3) is 0.273. The molecule has 1 fully saturated rings. The zero-order valence-electron chi connectivity index (χ0n) is 9.60. The topological polar surface area (TPSA) is 70.2 Å². The number of hydrogen-bond acceptors (Lipinski definition) is 3. The maximum absolute atomic E-state index is 11.8. The average Bonchev–Trinajstić information content (AvgIpc) is 2.74. The molecule has 0 radical (unpaired) electrons. The Labute approximate surface area is 124 Å². The SMILES string of the molecule is O=C1CC[C@@H](C(=O)NNc2c(Cl)cc(Cl)cc2Cl)N1. The van der Waals surface area contributed by atoms with Crippen LogP contribution in [0.25, 0.3) is 0 Å². The smallest absolute Gasteiger partial charge is 0.260 e. The predicted octanol–water partition coefficient (Wildman–Crippen LogP) is 2.37. The second-order valence-electron chi connectivity index (χ2n) is 4.02. The van der Waals surface area contributed by atoms with E-state index in [1.54, 1.807) is 0 Å². The standard InChI is InChI=1S/C11H10Cl3N3O2/c12-5-3-6(13)10(7(14)4-5)16-17-11(19)8-1-2-9(18)15-8/h3-4,8,16H,1-2H2,(H,15,18)(H,17,19)/t8-/m0/s1. The molecule has 1 atom stereocenters. The molecule has 2 amide bonds. The first-order valence-electron chi connectivity index (χ1n) is 5.47. The molecule has 0 unspecified atom stereocenters. The van der Waals surface area contributed by atoms with Crippen molar-refractivity contribution in [2.24, 2.45) is 0 Å². The lowest BCUT2D eigenvalue weighted by atomic mass is 10.2. The monoisotopic (exact) mass is 321 g/mol. The number of nitrogens with one attached hydrogen (secondary N) is 3. The third-order valence-corrected chi connectivity index (χ3v) is 3.44. The van der Waals surface area contributed by atoms with Crippen LogP contribution in [-0.2, 0) is 9.59 Å².